The zero-order valence-electron chi connectivity index (χ0n) is 11.8. The molecule has 1 aromatic rings. The highest BCUT2D eigenvalue weighted by Gasteiger charge is 2.50. The van der Waals surface area contributed by atoms with Gasteiger partial charge in [0.25, 0.3) is 0 Å². The van der Waals surface area contributed by atoms with E-state index in [4.69, 9.17) is 14.0 Å². The molecule has 0 aromatic heterocycles. The largest absolute Gasteiger partial charge is 0.497 e. The minimum atomic E-state index is -0.278. The number of benzene rings is 1. The SMILES string of the molecule is COc1ccccc1CB1OC(C)(C)C(C)(C)O1. The van der Waals surface area contributed by atoms with Crippen molar-refractivity contribution in [2.24, 2.45) is 0 Å². The molecule has 3 nitrogen and oxygen atoms in total. The van der Waals surface area contributed by atoms with Crippen LogP contribution in [0.15, 0.2) is 24.3 Å². The maximum Gasteiger partial charge on any atom is 0.462 e. The smallest absolute Gasteiger partial charge is 0.462 e. The number of hydrogen-bond acceptors (Lipinski definition) is 3. The predicted octanol–water partition coefficient (Wildman–Crippen LogP) is 2.87. The summed E-state index contributed by atoms with van der Waals surface area (Å²) in [6.45, 7) is 8.26. The third-order valence-corrected chi connectivity index (χ3v) is 3.88. The van der Waals surface area contributed by atoms with Gasteiger partial charge >= 0.3 is 7.12 Å². The number of para-hydroxylation sites is 1. The molecule has 4 heteroatoms. The first-order valence-electron chi connectivity index (χ1n) is 6.33. The Morgan fingerprint density at radius 3 is 2.17 bits per heavy atom. The summed E-state index contributed by atoms with van der Waals surface area (Å²) in [5, 5.41) is 0. The van der Waals surface area contributed by atoms with E-state index in [1.54, 1.807) is 7.11 Å². The molecule has 1 aromatic carbocycles. The van der Waals surface area contributed by atoms with E-state index in [1.165, 1.54) is 0 Å². The Hall–Kier alpha value is -0.995. The molecule has 0 saturated carbocycles. The average molecular weight is 248 g/mol. The second-order valence-corrected chi connectivity index (χ2v) is 5.70. The summed E-state index contributed by atoms with van der Waals surface area (Å²) in [5.74, 6) is 0.882. The number of ether oxygens (including phenoxy) is 1. The lowest BCUT2D eigenvalue weighted by Crippen LogP contribution is -2.41. The molecular formula is C14H21BO3. The summed E-state index contributed by atoms with van der Waals surface area (Å²) < 4.78 is 17.3. The summed E-state index contributed by atoms with van der Waals surface area (Å²) in [4.78, 5) is 0. The Labute approximate surface area is 110 Å². The van der Waals surface area contributed by atoms with Crippen LogP contribution in [0, 0.1) is 0 Å². The molecule has 1 aliphatic heterocycles. The highest BCUT2D eigenvalue weighted by molar-refractivity contribution is 6.45. The van der Waals surface area contributed by atoms with Gasteiger partial charge in [0.1, 0.15) is 5.75 Å². The van der Waals surface area contributed by atoms with Crippen LogP contribution in [0.2, 0.25) is 0 Å². The fraction of sp³-hybridized carbons (Fsp3) is 0.571. The summed E-state index contributed by atoms with van der Waals surface area (Å²) >= 11 is 0. The van der Waals surface area contributed by atoms with E-state index in [0.717, 1.165) is 11.3 Å². The molecule has 1 saturated heterocycles. The van der Waals surface area contributed by atoms with Crippen LogP contribution in [0.4, 0.5) is 0 Å². The van der Waals surface area contributed by atoms with Gasteiger partial charge in [0.05, 0.1) is 18.3 Å². The van der Waals surface area contributed by atoms with Crippen LogP contribution < -0.4 is 4.74 Å². The highest BCUT2D eigenvalue weighted by atomic mass is 16.7. The zero-order chi connectivity index (χ0) is 13.4. The Balaban J connectivity index is 2.12. The second kappa shape index (κ2) is 4.59. The van der Waals surface area contributed by atoms with Gasteiger partial charge in [0.15, 0.2) is 0 Å². The second-order valence-electron chi connectivity index (χ2n) is 5.70. The van der Waals surface area contributed by atoms with Gasteiger partial charge in [-0.15, -0.1) is 0 Å². The van der Waals surface area contributed by atoms with Crippen LogP contribution in [-0.4, -0.2) is 25.4 Å². The quantitative estimate of drug-likeness (QED) is 0.770. The van der Waals surface area contributed by atoms with Gasteiger partial charge < -0.3 is 14.0 Å². The van der Waals surface area contributed by atoms with E-state index in [0.29, 0.717) is 6.32 Å². The molecule has 0 aliphatic carbocycles. The third-order valence-electron chi connectivity index (χ3n) is 3.88. The Morgan fingerprint density at radius 1 is 1.06 bits per heavy atom. The van der Waals surface area contributed by atoms with Gasteiger partial charge in [-0.2, -0.15) is 0 Å². The fourth-order valence-corrected chi connectivity index (χ4v) is 2.10. The van der Waals surface area contributed by atoms with Crippen LogP contribution in [0.3, 0.4) is 0 Å². The first-order valence-corrected chi connectivity index (χ1v) is 6.33. The lowest BCUT2D eigenvalue weighted by Gasteiger charge is -2.32. The zero-order valence-corrected chi connectivity index (χ0v) is 11.8. The fourth-order valence-electron chi connectivity index (χ4n) is 2.10. The van der Waals surface area contributed by atoms with E-state index in [1.807, 2.05) is 24.3 Å². The van der Waals surface area contributed by atoms with Crippen molar-refractivity contribution >= 4 is 7.12 Å². The molecule has 2 rings (SSSR count). The van der Waals surface area contributed by atoms with Crippen molar-refractivity contribution in [1.29, 1.82) is 0 Å². The van der Waals surface area contributed by atoms with Gasteiger partial charge in [0.2, 0.25) is 0 Å². The van der Waals surface area contributed by atoms with Gasteiger partial charge in [-0.25, -0.2) is 0 Å². The Bertz CT molecular complexity index is 413. The summed E-state index contributed by atoms with van der Waals surface area (Å²) in [6.07, 6.45) is 0.705. The van der Waals surface area contributed by atoms with Crippen molar-refractivity contribution in [3.05, 3.63) is 29.8 Å². The summed E-state index contributed by atoms with van der Waals surface area (Å²) in [7, 11) is 1.47. The molecule has 1 heterocycles. The molecule has 1 aliphatic rings. The minimum absolute atomic E-state index is 0.216. The van der Waals surface area contributed by atoms with E-state index in [9.17, 15) is 0 Å². The third kappa shape index (κ3) is 2.40. The molecule has 98 valence electrons. The monoisotopic (exact) mass is 248 g/mol. The molecule has 0 bridgehead atoms. The van der Waals surface area contributed by atoms with Crippen molar-refractivity contribution < 1.29 is 14.0 Å². The topological polar surface area (TPSA) is 27.7 Å². The lowest BCUT2D eigenvalue weighted by atomic mass is 9.80. The van der Waals surface area contributed by atoms with Crippen LogP contribution >= 0.6 is 0 Å². The predicted molar refractivity (Wildman–Crippen MR) is 72.8 cm³/mol. The van der Waals surface area contributed by atoms with Crippen molar-refractivity contribution in [3.63, 3.8) is 0 Å². The Morgan fingerprint density at radius 2 is 1.61 bits per heavy atom. The first kappa shape index (κ1) is 13.4. The van der Waals surface area contributed by atoms with Crippen molar-refractivity contribution in [2.75, 3.05) is 7.11 Å². The highest BCUT2D eigenvalue weighted by Crippen LogP contribution is 2.38. The first-order chi connectivity index (χ1) is 8.36. The van der Waals surface area contributed by atoms with Crippen molar-refractivity contribution in [2.45, 2.75) is 45.2 Å². The molecule has 18 heavy (non-hydrogen) atoms. The van der Waals surface area contributed by atoms with Crippen LogP contribution in [0.25, 0.3) is 0 Å². The van der Waals surface area contributed by atoms with Gasteiger partial charge in [-0.1, -0.05) is 18.2 Å². The van der Waals surface area contributed by atoms with Crippen LogP contribution in [0.5, 0.6) is 5.75 Å². The van der Waals surface area contributed by atoms with Gasteiger partial charge in [0, 0.05) is 6.32 Å². The normalized spacial score (nSPS) is 21.1. The molecule has 0 spiro atoms. The molecule has 0 N–H and O–H groups in total. The molecule has 0 atom stereocenters. The van der Waals surface area contributed by atoms with E-state index >= 15 is 0 Å². The maximum absolute atomic E-state index is 5.99. The molecular weight excluding hydrogens is 227 g/mol. The lowest BCUT2D eigenvalue weighted by molar-refractivity contribution is 0.00578. The Kier molecular flexibility index (Phi) is 3.43. The summed E-state index contributed by atoms with van der Waals surface area (Å²) in [6, 6.07) is 7.97. The van der Waals surface area contributed by atoms with Crippen LogP contribution in [0.1, 0.15) is 33.3 Å². The van der Waals surface area contributed by atoms with Crippen LogP contribution in [-0.2, 0) is 15.6 Å². The van der Waals surface area contributed by atoms with Crippen molar-refractivity contribution in [3.8, 4) is 5.75 Å². The van der Waals surface area contributed by atoms with E-state index < -0.39 is 0 Å². The molecule has 0 amide bonds. The number of hydrogen-bond donors (Lipinski definition) is 0. The molecule has 1 fully saturated rings. The van der Waals surface area contributed by atoms with Gasteiger partial charge in [-0.05, 0) is 39.3 Å². The standard InChI is InChI=1S/C14H21BO3/c1-13(2)14(3,4)18-15(17-13)10-11-8-6-7-9-12(11)16-5/h6-9H,10H2,1-5H3. The molecule has 0 radical (unpaired) electrons. The van der Waals surface area contributed by atoms with Gasteiger partial charge in [-0.3, -0.25) is 0 Å². The maximum atomic E-state index is 5.99. The molecule has 0 unspecified atom stereocenters. The number of rotatable bonds is 3. The summed E-state index contributed by atoms with van der Waals surface area (Å²) in [5.41, 5.74) is 0.554. The van der Waals surface area contributed by atoms with Crippen molar-refractivity contribution in [1.82, 2.24) is 0 Å². The minimum Gasteiger partial charge on any atom is -0.497 e. The van der Waals surface area contributed by atoms with E-state index in [-0.39, 0.29) is 18.3 Å². The average Bonchev–Trinajstić information content (AvgIpc) is 2.47. The number of methoxy groups -OCH3 is 1. The van der Waals surface area contributed by atoms with E-state index in [2.05, 4.69) is 27.7 Å².